The molecule has 0 heterocycles. The maximum atomic E-state index is 11.8. The molecule has 0 saturated carbocycles. The number of urea groups is 1. The molecule has 0 aliphatic heterocycles. The summed E-state index contributed by atoms with van der Waals surface area (Å²) in [5.74, 6) is 0.295. The Hall–Kier alpha value is -1.59. The highest BCUT2D eigenvalue weighted by Crippen LogP contribution is 2.15. The van der Waals surface area contributed by atoms with Crippen LogP contribution >= 0.6 is 0 Å². The second-order valence-corrected chi connectivity index (χ2v) is 5.30. The number of anilines is 1. The molecule has 118 valence electrons. The number of hydrogen-bond donors (Lipinski definition) is 3. The number of nitrogens with one attached hydrogen (secondary N) is 3. The van der Waals surface area contributed by atoms with Crippen LogP contribution < -0.4 is 16.0 Å². The van der Waals surface area contributed by atoms with E-state index in [1.54, 1.807) is 7.11 Å². The van der Waals surface area contributed by atoms with Crippen LogP contribution in [-0.4, -0.2) is 32.8 Å². The number of methoxy groups -OCH3 is 1. The van der Waals surface area contributed by atoms with Gasteiger partial charge in [0.15, 0.2) is 0 Å². The largest absolute Gasteiger partial charge is 0.384 e. The van der Waals surface area contributed by atoms with Crippen molar-refractivity contribution in [2.45, 2.75) is 26.8 Å². The summed E-state index contributed by atoms with van der Waals surface area (Å²) < 4.78 is 5.03. The maximum Gasteiger partial charge on any atom is 0.319 e. The van der Waals surface area contributed by atoms with E-state index in [4.69, 9.17) is 4.74 Å². The SMILES string of the molecule is CCNC(C)c1ccc(NC(=O)NCC(C)COC)cc1. The van der Waals surface area contributed by atoms with Crippen LogP contribution in [0.1, 0.15) is 32.4 Å². The smallest absolute Gasteiger partial charge is 0.319 e. The molecule has 0 spiro atoms. The van der Waals surface area contributed by atoms with Crippen LogP contribution in [0.2, 0.25) is 0 Å². The van der Waals surface area contributed by atoms with Gasteiger partial charge in [0.25, 0.3) is 0 Å². The van der Waals surface area contributed by atoms with Crippen LogP contribution in [0, 0.1) is 5.92 Å². The summed E-state index contributed by atoms with van der Waals surface area (Å²) in [6.07, 6.45) is 0. The van der Waals surface area contributed by atoms with E-state index in [0.717, 1.165) is 12.2 Å². The average Bonchev–Trinajstić information content (AvgIpc) is 2.46. The number of benzene rings is 1. The average molecular weight is 293 g/mol. The minimum absolute atomic E-state index is 0.189. The quantitative estimate of drug-likeness (QED) is 0.690. The number of ether oxygens (including phenoxy) is 1. The number of carbonyl (C=O) groups excluding carboxylic acids is 1. The van der Waals surface area contributed by atoms with Gasteiger partial charge in [-0.3, -0.25) is 0 Å². The Morgan fingerprint density at radius 1 is 1.24 bits per heavy atom. The van der Waals surface area contributed by atoms with Gasteiger partial charge in [-0.1, -0.05) is 26.0 Å². The van der Waals surface area contributed by atoms with Gasteiger partial charge in [0.2, 0.25) is 0 Å². The molecule has 2 unspecified atom stereocenters. The normalized spacial score (nSPS) is 13.5. The molecule has 3 N–H and O–H groups in total. The van der Waals surface area contributed by atoms with Crippen molar-refractivity contribution in [2.75, 3.05) is 32.1 Å². The van der Waals surface area contributed by atoms with Crippen molar-refractivity contribution in [1.29, 1.82) is 0 Å². The number of hydrogen-bond acceptors (Lipinski definition) is 3. The molecule has 2 amide bonds. The molecule has 1 aromatic carbocycles. The van der Waals surface area contributed by atoms with Crippen molar-refractivity contribution in [3.63, 3.8) is 0 Å². The van der Waals surface area contributed by atoms with Gasteiger partial charge in [-0.15, -0.1) is 0 Å². The zero-order valence-electron chi connectivity index (χ0n) is 13.4. The van der Waals surface area contributed by atoms with Gasteiger partial charge in [0.05, 0.1) is 6.61 Å². The summed E-state index contributed by atoms with van der Waals surface area (Å²) >= 11 is 0. The van der Waals surface area contributed by atoms with Crippen molar-refractivity contribution < 1.29 is 9.53 Å². The zero-order valence-corrected chi connectivity index (χ0v) is 13.4. The van der Waals surface area contributed by atoms with Gasteiger partial charge < -0.3 is 20.7 Å². The van der Waals surface area contributed by atoms with Gasteiger partial charge in [-0.25, -0.2) is 4.79 Å². The molecule has 5 nitrogen and oxygen atoms in total. The van der Waals surface area contributed by atoms with Crippen LogP contribution in [0.3, 0.4) is 0 Å². The van der Waals surface area contributed by atoms with Crippen LogP contribution in [0.4, 0.5) is 10.5 Å². The maximum absolute atomic E-state index is 11.8. The lowest BCUT2D eigenvalue weighted by Gasteiger charge is -2.14. The molecule has 0 fully saturated rings. The first kappa shape index (κ1) is 17.5. The number of amides is 2. The second-order valence-electron chi connectivity index (χ2n) is 5.30. The molecule has 0 bridgehead atoms. The fourth-order valence-corrected chi connectivity index (χ4v) is 2.06. The zero-order chi connectivity index (χ0) is 15.7. The molecule has 0 aliphatic rings. The molecule has 1 rings (SSSR count). The lowest BCUT2D eigenvalue weighted by molar-refractivity contribution is 0.159. The summed E-state index contributed by atoms with van der Waals surface area (Å²) in [5.41, 5.74) is 2.00. The second kappa shape index (κ2) is 9.37. The Morgan fingerprint density at radius 2 is 1.90 bits per heavy atom. The third-order valence-corrected chi connectivity index (χ3v) is 3.24. The van der Waals surface area contributed by atoms with Crippen molar-refractivity contribution in [1.82, 2.24) is 10.6 Å². The molecule has 1 aromatic rings. The van der Waals surface area contributed by atoms with Gasteiger partial charge >= 0.3 is 6.03 Å². The highest BCUT2D eigenvalue weighted by Gasteiger charge is 2.07. The Balaban J connectivity index is 2.42. The van der Waals surface area contributed by atoms with E-state index in [0.29, 0.717) is 25.1 Å². The lowest BCUT2D eigenvalue weighted by Crippen LogP contribution is -2.33. The van der Waals surface area contributed by atoms with Crippen molar-refractivity contribution in [3.05, 3.63) is 29.8 Å². The van der Waals surface area contributed by atoms with Crippen LogP contribution in [-0.2, 0) is 4.74 Å². The highest BCUT2D eigenvalue weighted by atomic mass is 16.5. The summed E-state index contributed by atoms with van der Waals surface area (Å²) in [6.45, 7) is 8.40. The predicted octanol–water partition coefficient (Wildman–Crippen LogP) is 2.76. The van der Waals surface area contributed by atoms with E-state index >= 15 is 0 Å². The lowest BCUT2D eigenvalue weighted by atomic mass is 10.1. The van der Waals surface area contributed by atoms with E-state index in [-0.39, 0.29) is 6.03 Å². The van der Waals surface area contributed by atoms with Crippen LogP contribution in [0.15, 0.2) is 24.3 Å². The van der Waals surface area contributed by atoms with E-state index in [2.05, 4.69) is 29.8 Å². The molecule has 5 heteroatoms. The molecule has 2 atom stereocenters. The van der Waals surface area contributed by atoms with Crippen molar-refractivity contribution >= 4 is 11.7 Å². The number of carbonyl (C=O) groups is 1. The summed E-state index contributed by atoms with van der Waals surface area (Å²) in [6, 6.07) is 8.01. The minimum Gasteiger partial charge on any atom is -0.384 e. The monoisotopic (exact) mass is 293 g/mol. The third kappa shape index (κ3) is 6.60. The van der Waals surface area contributed by atoms with Gasteiger partial charge in [-0.05, 0) is 37.1 Å². The van der Waals surface area contributed by atoms with E-state index < -0.39 is 0 Å². The Bertz CT molecular complexity index is 420. The van der Waals surface area contributed by atoms with Crippen LogP contribution in [0.25, 0.3) is 0 Å². The fourth-order valence-electron chi connectivity index (χ4n) is 2.06. The minimum atomic E-state index is -0.189. The van der Waals surface area contributed by atoms with Crippen LogP contribution in [0.5, 0.6) is 0 Å². The first-order chi connectivity index (χ1) is 10.1. The fraction of sp³-hybridized carbons (Fsp3) is 0.562. The standard InChI is InChI=1S/C16H27N3O2/c1-5-17-13(3)14-6-8-15(9-7-14)19-16(20)18-10-12(2)11-21-4/h6-9,12-13,17H,5,10-11H2,1-4H3,(H2,18,19,20). The first-order valence-electron chi connectivity index (χ1n) is 7.44. The summed E-state index contributed by atoms with van der Waals surface area (Å²) in [4.78, 5) is 11.8. The summed E-state index contributed by atoms with van der Waals surface area (Å²) in [5, 5.41) is 9.01. The Morgan fingerprint density at radius 3 is 2.48 bits per heavy atom. The predicted molar refractivity (Wildman–Crippen MR) is 86.6 cm³/mol. The Kier molecular flexibility index (Phi) is 7.79. The highest BCUT2D eigenvalue weighted by molar-refractivity contribution is 5.89. The molecular formula is C16H27N3O2. The van der Waals surface area contributed by atoms with Gasteiger partial charge in [0, 0.05) is 25.4 Å². The van der Waals surface area contributed by atoms with Gasteiger partial charge in [0.1, 0.15) is 0 Å². The van der Waals surface area contributed by atoms with Crippen molar-refractivity contribution in [3.8, 4) is 0 Å². The topological polar surface area (TPSA) is 62.4 Å². The Labute approximate surface area is 127 Å². The molecule has 0 aromatic heterocycles. The molecule has 21 heavy (non-hydrogen) atoms. The molecule has 0 saturated heterocycles. The number of rotatable bonds is 8. The molecule has 0 aliphatic carbocycles. The molecule has 0 radical (unpaired) electrons. The third-order valence-electron chi connectivity index (χ3n) is 3.24. The van der Waals surface area contributed by atoms with E-state index in [1.165, 1.54) is 5.56 Å². The van der Waals surface area contributed by atoms with E-state index in [9.17, 15) is 4.79 Å². The summed E-state index contributed by atoms with van der Waals surface area (Å²) in [7, 11) is 1.66. The molecular weight excluding hydrogens is 266 g/mol. The first-order valence-corrected chi connectivity index (χ1v) is 7.44. The van der Waals surface area contributed by atoms with E-state index in [1.807, 2.05) is 31.2 Å². The van der Waals surface area contributed by atoms with Gasteiger partial charge in [-0.2, -0.15) is 0 Å². The van der Waals surface area contributed by atoms with Crippen molar-refractivity contribution in [2.24, 2.45) is 5.92 Å².